The molecule has 4 heteroatoms. The molecule has 0 N–H and O–H groups in total. The highest BCUT2D eigenvalue weighted by atomic mass is 16.7. The van der Waals surface area contributed by atoms with E-state index in [2.05, 4.69) is 61.2 Å². The van der Waals surface area contributed by atoms with Gasteiger partial charge in [-0.05, 0) is 48.2 Å². The van der Waals surface area contributed by atoms with Gasteiger partial charge in [0.15, 0.2) is 11.5 Å². The molecule has 5 rings (SSSR count). The first-order valence-electron chi connectivity index (χ1n) is 9.22. The van der Waals surface area contributed by atoms with Gasteiger partial charge in [0.05, 0.1) is 18.8 Å². The fourth-order valence-electron chi connectivity index (χ4n) is 4.28. The topological polar surface area (TPSA) is 30.9 Å². The molecule has 0 bridgehead atoms. The SMILES string of the molecule is Cc1ccc(C2=CC(C)(N3CCOCC3)c3cc4c(cc32)OCO4)cc1. The summed E-state index contributed by atoms with van der Waals surface area (Å²) in [7, 11) is 0. The third-order valence-corrected chi connectivity index (χ3v) is 5.80. The molecule has 4 nitrogen and oxygen atoms in total. The quantitative estimate of drug-likeness (QED) is 0.827. The van der Waals surface area contributed by atoms with E-state index < -0.39 is 0 Å². The standard InChI is InChI=1S/C22H23NO3/c1-15-3-5-16(6-4-15)18-13-22(2,23-7-9-24-10-8-23)19-12-21-20(11-17(18)19)25-14-26-21/h3-6,11-13H,7-10,14H2,1-2H3. The summed E-state index contributed by atoms with van der Waals surface area (Å²) in [4.78, 5) is 2.51. The molecule has 0 aromatic heterocycles. The van der Waals surface area contributed by atoms with Crippen molar-refractivity contribution in [1.29, 1.82) is 0 Å². The molecule has 0 saturated carbocycles. The van der Waals surface area contributed by atoms with Crippen molar-refractivity contribution in [2.24, 2.45) is 0 Å². The summed E-state index contributed by atoms with van der Waals surface area (Å²) in [6, 6.07) is 13.1. The van der Waals surface area contributed by atoms with Gasteiger partial charge in [-0.25, -0.2) is 0 Å². The van der Waals surface area contributed by atoms with Crippen LogP contribution in [0.5, 0.6) is 11.5 Å². The van der Waals surface area contributed by atoms with E-state index in [1.165, 1.54) is 27.8 Å². The molecule has 1 unspecified atom stereocenters. The third-order valence-electron chi connectivity index (χ3n) is 5.80. The van der Waals surface area contributed by atoms with Crippen molar-refractivity contribution < 1.29 is 14.2 Å². The van der Waals surface area contributed by atoms with Crippen LogP contribution in [-0.2, 0) is 10.3 Å². The van der Waals surface area contributed by atoms with Crippen molar-refractivity contribution >= 4 is 5.57 Å². The molecule has 134 valence electrons. The Kier molecular flexibility index (Phi) is 3.59. The number of morpholine rings is 1. The molecule has 0 amide bonds. The molecule has 0 spiro atoms. The van der Waals surface area contributed by atoms with E-state index in [-0.39, 0.29) is 5.54 Å². The summed E-state index contributed by atoms with van der Waals surface area (Å²) in [6.07, 6.45) is 2.41. The maximum atomic E-state index is 5.67. The van der Waals surface area contributed by atoms with Crippen LogP contribution < -0.4 is 9.47 Å². The Balaban J connectivity index is 1.68. The van der Waals surface area contributed by atoms with Gasteiger partial charge in [-0.1, -0.05) is 35.9 Å². The minimum Gasteiger partial charge on any atom is -0.454 e. The highest BCUT2D eigenvalue weighted by Gasteiger charge is 2.41. The second-order valence-electron chi connectivity index (χ2n) is 7.42. The lowest BCUT2D eigenvalue weighted by atomic mass is 9.91. The zero-order chi connectivity index (χ0) is 17.7. The molecule has 2 heterocycles. The van der Waals surface area contributed by atoms with Crippen LogP contribution in [0.25, 0.3) is 5.57 Å². The van der Waals surface area contributed by atoms with E-state index in [1.54, 1.807) is 0 Å². The average molecular weight is 349 g/mol. The number of hydrogen-bond acceptors (Lipinski definition) is 4. The molecule has 26 heavy (non-hydrogen) atoms. The molecule has 0 radical (unpaired) electrons. The van der Waals surface area contributed by atoms with Crippen LogP contribution in [0.1, 0.15) is 29.2 Å². The van der Waals surface area contributed by atoms with Gasteiger partial charge in [0.25, 0.3) is 0 Å². The molecule has 1 saturated heterocycles. The summed E-state index contributed by atoms with van der Waals surface area (Å²) < 4.78 is 16.9. The van der Waals surface area contributed by atoms with Crippen LogP contribution in [-0.4, -0.2) is 38.0 Å². The van der Waals surface area contributed by atoms with Gasteiger partial charge in [0.1, 0.15) is 0 Å². The number of aryl methyl sites for hydroxylation is 1. The summed E-state index contributed by atoms with van der Waals surface area (Å²) >= 11 is 0. The van der Waals surface area contributed by atoms with E-state index in [0.29, 0.717) is 6.79 Å². The fraction of sp³-hybridized carbons (Fsp3) is 0.364. The van der Waals surface area contributed by atoms with E-state index in [1.807, 2.05) is 0 Å². The Morgan fingerprint density at radius 2 is 1.65 bits per heavy atom. The number of hydrogen-bond donors (Lipinski definition) is 0. The normalized spacial score (nSPS) is 24.5. The van der Waals surface area contributed by atoms with E-state index >= 15 is 0 Å². The lowest BCUT2D eigenvalue weighted by molar-refractivity contribution is -0.00109. The second-order valence-corrected chi connectivity index (χ2v) is 7.42. The first-order chi connectivity index (χ1) is 12.6. The molecular weight excluding hydrogens is 326 g/mol. The Labute approximate surface area is 154 Å². The molecule has 1 atom stereocenters. The first-order valence-corrected chi connectivity index (χ1v) is 9.22. The summed E-state index contributed by atoms with van der Waals surface area (Å²) in [5.74, 6) is 1.69. The Bertz CT molecular complexity index is 881. The molecular formula is C22H23NO3. The van der Waals surface area contributed by atoms with Crippen LogP contribution in [0, 0.1) is 6.92 Å². The van der Waals surface area contributed by atoms with Gasteiger partial charge < -0.3 is 14.2 Å². The molecule has 1 fully saturated rings. The first kappa shape index (κ1) is 15.9. The Morgan fingerprint density at radius 3 is 2.38 bits per heavy atom. The maximum Gasteiger partial charge on any atom is 0.231 e. The van der Waals surface area contributed by atoms with Gasteiger partial charge >= 0.3 is 0 Å². The molecule has 3 aliphatic rings. The number of ether oxygens (including phenoxy) is 3. The van der Waals surface area contributed by atoms with Crippen LogP contribution in [0.4, 0.5) is 0 Å². The van der Waals surface area contributed by atoms with Gasteiger partial charge in [-0.3, -0.25) is 4.90 Å². The van der Waals surface area contributed by atoms with Crippen molar-refractivity contribution in [2.75, 3.05) is 33.1 Å². The zero-order valence-corrected chi connectivity index (χ0v) is 15.2. The van der Waals surface area contributed by atoms with Crippen LogP contribution >= 0.6 is 0 Å². The van der Waals surface area contributed by atoms with Gasteiger partial charge in [0.2, 0.25) is 6.79 Å². The van der Waals surface area contributed by atoms with E-state index in [0.717, 1.165) is 37.8 Å². The summed E-state index contributed by atoms with van der Waals surface area (Å²) in [5, 5.41) is 0. The van der Waals surface area contributed by atoms with Gasteiger partial charge in [-0.15, -0.1) is 0 Å². The van der Waals surface area contributed by atoms with Crippen LogP contribution in [0.3, 0.4) is 0 Å². The van der Waals surface area contributed by atoms with Crippen LogP contribution in [0.2, 0.25) is 0 Å². The predicted octanol–water partition coefficient (Wildman–Crippen LogP) is 3.72. The number of rotatable bonds is 2. The van der Waals surface area contributed by atoms with Gasteiger partial charge in [0, 0.05) is 13.1 Å². The zero-order valence-electron chi connectivity index (χ0n) is 15.2. The largest absolute Gasteiger partial charge is 0.454 e. The molecule has 2 aromatic carbocycles. The summed E-state index contributed by atoms with van der Waals surface area (Å²) in [6.45, 7) is 8.16. The fourth-order valence-corrected chi connectivity index (χ4v) is 4.28. The van der Waals surface area contributed by atoms with E-state index in [9.17, 15) is 0 Å². The molecule has 2 aromatic rings. The summed E-state index contributed by atoms with van der Waals surface area (Å²) in [5.41, 5.74) is 6.15. The van der Waals surface area contributed by atoms with Crippen molar-refractivity contribution in [2.45, 2.75) is 19.4 Å². The Morgan fingerprint density at radius 1 is 0.962 bits per heavy atom. The number of benzene rings is 2. The lowest BCUT2D eigenvalue weighted by Crippen LogP contribution is -2.48. The van der Waals surface area contributed by atoms with Gasteiger partial charge in [-0.2, -0.15) is 0 Å². The average Bonchev–Trinajstić information content (AvgIpc) is 3.25. The monoisotopic (exact) mass is 349 g/mol. The van der Waals surface area contributed by atoms with Crippen molar-refractivity contribution in [3.8, 4) is 11.5 Å². The number of fused-ring (bicyclic) bond motifs is 2. The third kappa shape index (κ3) is 2.37. The minimum atomic E-state index is -0.166. The van der Waals surface area contributed by atoms with Crippen LogP contribution in [0.15, 0.2) is 42.5 Å². The lowest BCUT2D eigenvalue weighted by Gasteiger charge is -2.40. The van der Waals surface area contributed by atoms with Crippen molar-refractivity contribution in [3.05, 3.63) is 64.7 Å². The van der Waals surface area contributed by atoms with Crippen molar-refractivity contribution in [1.82, 2.24) is 4.90 Å². The second kappa shape index (κ2) is 5.86. The molecule has 2 aliphatic heterocycles. The number of nitrogens with zero attached hydrogens (tertiary/aromatic N) is 1. The van der Waals surface area contributed by atoms with Crippen molar-refractivity contribution in [3.63, 3.8) is 0 Å². The maximum absolute atomic E-state index is 5.67. The van der Waals surface area contributed by atoms with E-state index in [4.69, 9.17) is 14.2 Å². The molecule has 1 aliphatic carbocycles. The smallest absolute Gasteiger partial charge is 0.231 e. The minimum absolute atomic E-state index is 0.166. The predicted molar refractivity (Wildman–Crippen MR) is 101 cm³/mol. The Hall–Kier alpha value is -2.30. The highest BCUT2D eigenvalue weighted by Crippen LogP contribution is 2.50. The highest BCUT2D eigenvalue weighted by molar-refractivity contribution is 5.88.